The fourth-order valence-corrected chi connectivity index (χ4v) is 2.86. The van der Waals surface area contributed by atoms with Gasteiger partial charge in [-0.2, -0.15) is 0 Å². The molecule has 0 radical (unpaired) electrons. The Labute approximate surface area is 141 Å². The molecule has 4 heteroatoms. The van der Waals surface area contributed by atoms with Crippen molar-refractivity contribution in [3.05, 3.63) is 75.7 Å². The molecule has 3 aromatic rings. The highest BCUT2D eigenvalue weighted by Crippen LogP contribution is 2.31. The predicted molar refractivity (Wildman–Crippen MR) is 92.4 cm³/mol. The van der Waals surface area contributed by atoms with Crippen LogP contribution in [0.25, 0.3) is 10.8 Å². The average Bonchev–Trinajstić information content (AvgIpc) is 2.53. The Morgan fingerprint density at radius 2 is 1.64 bits per heavy atom. The molecule has 0 heterocycles. The lowest BCUT2D eigenvalue weighted by molar-refractivity contribution is -0.133. The van der Waals surface area contributed by atoms with Crippen molar-refractivity contribution in [1.29, 1.82) is 0 Å². The van der Waals surface area contributed by atoms with Crippen LogP contribution in [0.5, 0.6) is 5.75 Å². The average molecular weight is 376 g/mol. The molecule has 0 spiro atoms. The Balaban J connectivity index is 1.82. The molecule has 0 unspecified atom stereocenters. The molecule has 0 fully saturated rings. The number of fused-ring (bicyclic) bond motifs is 1. The van der Waals surface area contributed by atoms with Crippen LogP contribution in [0.1, 0.15) is 5.56 Å². The van der Waals surface area contributed by atoms with E-state index in [0.717, 1.165) is 20.8 Å². The van der Waals surface area contributed by atoms with Crippen LogP contribution >= 0.6 is 27.5 Å². The summed E-state index contributed by atoms with van der Waals surface area (Å²) >= 11 is 9.34. The van der Waals surface area contributed by atoms with Crippen molar-refractivity contribution in [3.8, 4) is 5.75 Å². The van der Waals surface area contributed by atoms with Gasteiger partial charge in [0.2, 0.25) is 0 Å². The van der Waals surface area contributed by atoms with Crippen molar-refractivity contribution in [2.24, 2.45) is 0 Å². The van der Waals surface area contributed by atoms with Crippen molar-refractivity contribution in [1.82, 2.24) is 0 Å². The summed E-state index contributed by atoms with van der Waals surface area (Å²) in [6, 6.07) is 18.6. The van der Waals surface area contributed by atoms with E-state index in [4.69, 9.17) is 16.3 Å². The topological polar surface area (TPSA) is 26.3 Å². The summed E-state index contributed by atoms with van der Waals surface area (Å²) in [4.78, 5) is 12.1. The van der Waals surface area contributed by atoms with Crippen molar-refractivity contribution in [2.45, 2.75) is 6.42 Å². The first-order valence-corrected chi connectivity index (χ1v) is 7.93. The molecule has 0 aromatic heterocycles. The van der Waals surface area contributed by atoms with Gasteiger partial charge in [-0.1, -0.05) is 63.9 Å². The number of esters is 1. The number of carbonyl (C=O) groups is 1. The van der Waals surface area contributed by atoms with Gasteiger partial charge >= 0.3 is 5.97 Å². The Bertz CT molecular complexity index is 828. The molecule has 0 aliphatic heterocycles. The number of rotatable bonds is 3. The zero-order valence-corrected chi connectivity index (χ0v) is 13.9. The van der Waals surface area contributed by atoms with Gasteiger partial charge in [-0.05, 0) is 35.2 Å². The van der Waals surface area contributed by atoms with Crippen LogP contribution in [-0.2, 0) is 11.2 Å². The van der Waals surface area contributed by atoms with E-state index in [2.05, 4.69) is 15.9 Å². The molecular formula is C18H12BrClO2. The van der Waals surface area contributed by atoms with Crippen LogP contribution < -0.4 is 4.74 Å². The van der Waals surface area contributed by atoms with Gasteiger partial charge in [0.1, 0.15) is 5.75 Å². The third kappa shape index (κ3) is 3.32. The van der Waals surface area contributed by atoms with Gasteiger partial charge in [-0.3, -0.25) is 4.79 Å². The highest BCUT2D eigenvalue weighted by Gasteiger charge is 2.10. The second-order valence-electron chi connectivity index (χ2n) is 4.87. The van der Waals surface area contributed by atoms with E-state index >= 15 is 0 Å². The van der Waals surface area contributed by atoms with Gasteiger partial charge in [-0.15, -0.1) is 0 Å². The lowest BCUT2D eigenvalue weighted by Gasteiger charge is -2.09. The molecule has 3 aromatic carbocycles. The summed E-state index contributed by atoms with van der Waals surface area (Å²) in [5.41, 5.74) is 0.871. The van der Waals surface area contributed by atoms with E-state index < -0.39 is 0 Å². The first-order chi connectivity index (χ1) is 10.6. The normalized spacial score (nSPS) is 10.6. The Kier molecular flexibility index (Phi) is 4.46. The second-order valence-corrected chi connectivity index (χ2v) is 6.16. The van der Waals surface area contributed by atoms with Crippen molar-refractivity contribution >= 4 is 44.3 Å². The van der Waals surface area contributed by atoms with E-state index in [9.17, 15) is 4.79 Å². The number of hydrogen-bond acceptors (Lipinski definition) is 2. The van der Waals surface area contributed by atoms with Crippen LogP contribution in [0, 0.1) is 0 Å². The maximum Gasteiger partial charge on any atom is 0.315 e. The summed E-state index contributed by atoms with van der Waals surface area (Å²) in [7, 11) is 0. The largest absolute Gasteiger partial charge is 0.426 e. The standard InChI is InChI=1S/C18H12BrClO2/c19-16-9-10-17(15-4-2-1-3-14(15)16)22-18(21)11-12-5-7-13(20)8-6-12/h1-10H,11H2. The molecule has 0 aliphatic rings. The maximum atomic E-state index is 12.1. The first kappa shape index (κ1) is 15.1. The van der Waals surface area contributed by atoms with Gasteiger partial charge in [0.15, 0.2) is 0 Å². The molecular weight excluding hydrogens is 364 g/mol. The molecule has 0 bridgehead atoms. The van der Waals surface area contributed by atoms with Crippen LogP contribution in [0.4, 0.5) is 0 Å². The minimum Gasteiger partial charge on any atom is -0.426 e. The molecule has 3 rings (SSSR count). The maximum absolute atomic E-state index is 12.1. The summed E-state index contributed by atoms with van der Waals surface area (Å²) in [5.74, 6) is 0.271. The van der Waals surface area contributed by atoms with E-state index in [-0.39, 0.29) is 12.4 Å². The minimum atomic E-state index is -0.296. The number of carbonyl (C=O) groups excluding carboxylic acids is 1. The van der Waals surface area contributed by atoms with E-state index in [1.165, 1.54) is 0 Å². The van der Waals surface area contributed by atoms with Gasteiger partial charge in [0.25, 0.3) is 0 Å². The molecule has 22 heavy (non-hydrogen) atoms. The molecule has 0 aliphatic carbocycles. The molecule has 110 valence electrons. The Morgan fingerprint density at radius 3 is 2.36 bits per heavy atom. The quantitative estimate of drug-likeness (QED) is 0.452. The molecule has 0 saturated heterocycles. The summed E-state index contributed by atoms with van der Waals surface area (Å²) in [6.07, 6.45) is 0.210. The highest BCUT2D eigenvalue weighted by molar-refractivity contribution is 9.10. The minimum absolute atomic E-state index is 0.210. The molecule has 0 amide bonds. The van der Waals surface area contributed by atoms with Crippen LogP contribution in [0.2, 0.25) is 5.02 Å². The van der Waals surface area contributed by atoms with Gasteiger partial charge in [0, 0.05) is 14.9 Å². The summed E-state index contributed by atoms with van der Waals surface area (Å²) in [6.45, 7) is 0. The lowest BCUT2D eigenvalue weighted by atomic mass is 10.1. The van der Waals surface area contributed by atoms with Gasteiger partial charge in [0.05, 0.1) is 6.42 Å². The summed E-state index contributed by atoms with van der Waals surface area (Å²) < 4.78 is 6.50. The SMILES string of the molecule is O=C(Cc1ccc(Cl)cc1)Oc1ccc(Br)c2ccccc12. The fraction of sp³-hybridized carbons (Fsp3) is 0.0556. The van der Waals surface area contributed by atoms with E-state index in [1.807, 2.05) is 42.5 Å². The predicted octanol–water partition coefficient (Wildman–Crippen LogP) is 5.40. The van der Waals surface area contributed by atoms with Crippen LogP contribution in [0.3, 0.4) is 0 Å². The fourth-order valence-electron chi connectivity index (χ4n) is 2.25. The molecule has 2 nitrogen and oxygen atoms in total. The number of benzene rings is 3. The molecule has 0 saturated carbocycles. The lowest BCUT2D eigenvalue weighted by Crippen LogP contribution is -2.11. The van der Waals surface area contributed by atoms with E-state index in [0.29, 0.717) is 10.8 Å². The number of halogens is 2. The number of hydrogen-bond donors (Lipinski definition) is 0. The summed E-state index contributed by atoms with van der Waals surface area (Å²) in [5, 5.41) is 2.57. The van der Waals surface area contributed by atoms with Crippen LogP contribution in [-0.4, -0.2) is 5.97 Å². The van der Waals surface area contributed by atoms with Crippen molar-refractivity contribution < 1.29 is 9.53 Å². The third-order valence-electron chi connectivity index (χ3n) is 3.32. The Hall–Kier alpha value is -1.84. The monoisotopic (exact) mass is 374 g/mol. The molecule has 0 N–H and O–H groups in total. The highest BCUT2D eigenvalue weighted by atomic mass is 79.9. The van der Waals surface area contributed by atoms with Crippen molar-refractivity contribution in [2.75, 3.05) is 0 Å². The van der Waals surface area contributed by atoms with E-state index in [1.54, 1.807) is 18.2 Å². The third-order valence-corrected chi connectivity index (χ3v) is 4.26. The zero-order valence-electron chi connectivity index (χ0n) is 11.6. The Morgan fingerprint density at radius 1 is 0.955 bits per heavy atom. The van der Waals surface area contributed by atoms with Crippen molar-refractivity contribution in [3.63, 3.8) is 0 Å². The van der Waals surface area contributed by atoms with Crippen LogP contribution in [0.15, 0.2) is 65.1 Å². The smallest absolute Gasteiger partial charge is 0.315 e. The van der Waals surface area contributed by atoms with Gasteiger partial charge in [-0.25, -0.2) is 0 Å². The first-order valence-electron chi connectivity index (χ1n) is 6.76. The second kappa shape index (κ2) is 6.51. The van der Waals surface area contributed by atoms with Gasteiger partial charge < -0.3 is 4.74 Å². The molecule has 0 atom stereocenters. The zero-order chi connectivity index (χ0) is 15.5. The number of ether oxygens (including phenoxy) is 1.